The van der Waals surface area contributed by atoms with Gasteiger partial charge in [-0.25, -0.2) is 4.99 Å². The fourth-order valence-electron chi connectivity index (χ4n) is 3.16. The van der Waals surface area contributed by atoms with Crippen molar-refractivity contribution in [1.29, 1.82) is 0 Å². The third kappa shape index (κ3) is 1.75. The van der Waals surface area contributed by atoms with Crippen molar-refractivity contribution in [2.75, 3.05) is 0 Å². The predicted octanol–water partition coefficient (Wildman–Crippen LogP) is 4.07. The number of nitrogens with zero attached hydrogens (tertiary/aromatic N) is 2. The normalized spacial score (nSPS) is 20.7. The molecule has 94 valence electrons. The lowest BCUT2D eigenvalue weighted by Gasteiger charge is -2.30. The summed E-state index contributed by atoms with van der Waals surface area (Å²) in [5.74, 6) is 1.26. The van der Waals surface area contributed by atoms with E-state index in [1.165, 1.54) is 23.4 Å². The van der Waals surface area contributed by atoms with E-state index in [-0.39, 0.29) is 0 Å². The molecule has 1 saturated heterocycles. The molecule has 0 aromatic heterocycles. The quantitative estimate of drug-likeness (QED) is 0.743. The zero-order chi connectivity index (χ0) is 12.7. The molecular weight excluding hydrogens is 232 g/mol. The van der Waals surface area contributed by atoms with E-state index in [0.29, 0.717) is 6.04 Å². The molecule has 0 spiro atoms. The number of hydrogen-bond donors (Lipinski definition) is 0. The van der Waals surface area contributed by atoms with Gasteiger partial charge < -0.3 is 4.90 Å². The van der Waals surface area contributed by atoms with E-state index in [9.17, 15) is 0 Å². The first kappa shape index (κ1) is 10.8. The molecule has 1 atom stereocenters. The molecule has 2 aromatic carbocycles. The zero-order valence-corrected chi connectivity index (χ0v) is 10.8. The van der Waals surface area contributed by atoms with Gasteiger partial charge in [-0.3, -0.25) is 0 Å². The Labute approximate surface area is 113 Å². The molecular formula is C17H16N2. The van der Waals surface area contributed by atoms with Crippen LogP contribution in [0.4, 0.5) is 5.69 Å². The number of amidine groups is 1. The van der Waals surface area contributed by atoms with Gasteiger partial charge in [0, 0.05) is 13.0 Å². The van der Waals surface area contributed by atoms with E-state index in [4.69, 9.17) is 4.99 Å². The maximum absolute atomic E-state index is 4.83. The number of para-hydroxylation sites is 1. The average molecular weight is 248 g/mol. The molecule has 2 aliphatic heterocycles. The van der Waals surface area contributed by atoms with Gasteiger partial charge >= 0.3 is 0 Å². The number of hydrogen-bond acceptors (Lipinski definition) is 2. The van der Waals surface area contributed by atoms with E-state index in [1.807, 2.05) is 0 Å². The van der Waals surface area contributed by atoms with Crippen molar-refractivity contribution < 1.29 is 0 Å². The smallest absolute Gasteiger partial charge is 0.106 e. The summed E-state index contributed by atoms with van der Waals surface area (Å²) in [6, 6.07) is 19.8. The average Bonchev–Trinajstić information content (AvgIpc) is 2.88. The Morgan fingerprint density at radius 1 is 0.947 bits per heavy atom. The van der Waals surface area contributed by atoms with E-state index in [1.54, 1.807) is 0 Å². The van der Waals surface area contributed by atoms with Crippen molar-refractivity contribution >= 4 is 11.5 Å². The van der Waals surface area contributed by atoms with Crippen LogP contribution in [0, 0.1) is 0 Å². The lowest BCUT2D eigenvalue weighted by Crippen LogP contribution is -2.29. The highest BCUT2D eigenvalue weighted by molar-refractivity contribution is 5.89. The minimum absolute atomic E-state index is 0.494. The van der Waals surface area contributed by atoms with Gasteiger partial charge in [0.2, 0.25) is 0 Å². The molecule has 2 heterocycles. The van der Waals surface area contributed by atoms with Gasteiger partial charge in [-0.15, -0.1) is 0 Å². The molecule has 0 aliphatic carbocycles. The summed E-state index contributed by atoms with van der Waals surface area (Å²) in [7, 11) is 0. The summed E-state index contributed by atoms with van der Waals surface area (Å²) in [5.41, 5.74) is 3.91. The molecule has 2 aliphatic rings. The van der Waals surface area contributed by atoms with Crippen LogP contribution in [0.3, 0.4) is 0 Å². The van der Waals surface area contributed by atoms with Gasteiger partial charge in [0.1, 0.15) is 5.84 Å². The van der Waals surface area contributed by atoms with E-state index < -0.39 is 0 Å². The first-order chi connectivity index (χ1) is 9.42. The Balaban J connectivity index is 1.72. The monoisotopic (exact) mass is 248 g/mol. The molecule has 2 aromatic rings. The number of benzene rings is 2. The molecule has 0 amide bonds. The highest BCUT2D eigenvalue weighted by Gasteiger charge is 2.32. The molecule has 0 N–H and O–H groups in total. The minimum Gasteiger partial charge on any atom is -0.349 e. The predicted molar refractivity (Wildman–Crippen MR) is 77.5 cm³/mol. The Morgan fingerprint density at radius 2 is 1.74 bits per heavy atom. The molecule has 2 nitrogen and oxygen atoms in total. The van der Waals surface area contributed by atoms with Gasteiger partial charge in [0.25, 0.3) is 0 Å². The second kappa shape index (κ2) is 4.23. The van der Waals surface area contributed by atoms with Crippen molar-refractivity contribution in [2.45, 2.75) is 25.4 Å². The number of fused-ring (bicyclic) bond motifs is 2. The van der Waals surface area contributed by atoms with Crippen molar-refractivity contribution in [3.63, 3.8) is 0 Å². The van der Waals surface area contributed by atoms with E-state index in [0.717, 1.165) is 18.7 Å². The van der Waals surface area contributed by atoms with Crippen molar-refractivity contribution in [1.82, 2.24) is 4.90 Å². The van der Waals surface area contributed by atoms with Crippen LogP contribution in [-0.2, 0) is 6.54 Å². The molecule has 1 fully saturated rings. The third-order valence-corrected chi connectivity index (χ3v) is 4.12. The van der Waals surface area contributed by atoms with E-state index in [2.05, 4.69) is 59.5 Å². The Hall–Kier alpha value is -2.09. The molecule has 19 heavy (non-hydrogen) atoms. The Bertz CT molecular complexity index is 631. The zero-order valence-electron chi connectivity index (χ0n) is 10.8. The lowest BCUT2D eigenvalue weighted by molar-refractivity contribution is 0.333. The van der Waals surface area contributed by atoms with Gasteiger partial charge in [-0.1, -0.05) is 48.5 Å². The maximum Gasteiger partial charge on any atom is 0.106 e. The topological polar surface area (TPSA) is 15.6 Å². The van der Waals surface area contributed by atoms with E-state index >= 15 is 0 Å². The van der Waals surface area contributed by atoms with Crippen LogP contribution in [0.2, 0.25) is 0 Å². The largest absolute Gasteiger partial charge is 0.349 e. The minimum atomic E-state index is 0.494. The second-order valence-corrected chi connectivity index (χ2v) is 5.25. The highest BCUT2D eigenvalue weighted by Crippen LogP contribution is 2.39. The summed E-state index contributed by atoms with van der Waals surface area (Å²) in [6.45, 7) is 0.995. The van der Waals surface area contributed by atoms with Crippen LogP contribution < -0.4 is 0 Å². The van der Waals surface area contributed by atoms with Crippen LogP contribution in [0.1, 0.15) is 30.0 Å². The molecule has 1 unspecified atom stereocenters. The van der Waals surface area contributed by atoms with Gasteiger partial charge in [0.15, 0.2) is 0 Å². The molecule has 2 heteroatoms. The SMILES string of the molecule is c1ccc(C2CCC3=Nc4ccccc4CN32)cc1. The fraction of sp³-hybridized carbons (Fsp3) is 0.235. The summed E-state index contributed by atoms with van der Waals surface area (Å²) in [4.78, 5) is 7.30. The van der Waals surface area contributed by atoms with Crippen LogP contribution in [0.15, 0.2) is 59.6 Å². The summed E-state index contributed by atoms with van der Waals surface area (Å²) in [6.07, 6.45) is 2.27. The van der Waals surface area contributed by atoms with Gasteiger partial charge in [0.05, 0.1) is 11.7 Å². The Kier molecular flexibility index (Phi) is 2.41. The van der Waals surface area contributed by atoms with Crippen molar-refractivity contribution in [2.24, 2.45) is 4.99 Å². The first-order valence-electron chi connectivity index (χ1n) is 6.89. The molecule has 0 radical (unpaired) electrons. The molecule has 0 saturated carbocycles. The lowest BCUT2D eigenvalue weighted by atomic mass is 10.0. The summed E-state index contributed by atoms with van der Waals surface area (Å²) >= 11 is 0. The fourth-order valence-corrected chi connectivity index (χ4v) is 3.16. The van der Waals surface area contributed by atoms with Crippen LogP contribution in [0.25, 0.3) is 0 Å². The number of aliphatic imine (C=N–C) groups is 1. The van der Waals surface area contributed by atoms with Crippen LogP contribution in [-0.4, -0.2) is 10.7 Å². The Morgan fingerprint density at radius 3 is 2.63 bits per heavy atom. The number of rotatable bonds is 1. The van der Waals surface area contributed by atoms with Crippen molar-refractivity contribution in [3.8, 4) is 0 Å². The van der Waals surface area contributed by atoms with Gasteiger partial charge in [-0.2, -0.15) is 0 Å². The third-order valence-electron chi connectivity index (χ3n) is 4.12. The van der Waals surface area contributed by atoms with Crippen LogP contribution in [0.5, 0.6) is 0 Å². The molecule has 4 rings (SSSR count). The van der Waals surface area contributed by atoms with Gasteiger partial charge in [-0.05, 0) is 23.6 Å². The maximum atomic E-state index is 4.83. The summed E-state index contributed by atoms with van der Waals surface area (Å²) < 4.78 is 0. The highest BCUT2D eigenvalue weighted by atomic mass is 15.2. The standard InChI is InChI=1S/C17H16N2/c1-2-6-13(7-3-1)16-10-11-17-18-15-9-5-4-8-14(15)12-19(16)17/h1-9,16H,10-12H2. The van der Waals surface area contributed by atoms with Crippen molar-refractivity contribution in [3.05, 3.63) is 65.7 Å². The molecule has 0 bridgehead atoms. The van der Waals surface area contributed by atoms with Crippen LogP contribution >= 0.6 is 0 Å². The second-order valence-electron chi connectivity index (χ2n) is 5.25. The summed E-state index contributed by atoms with van der Waals surface area (Å²) in [5, 5.41) is 0. The first-order valence-corrected chi connectivity index (χ1v) is 6.89.